The lowest BCUT2D eigenvalue weighted by molar-refractivity contribution is -0.121. The number of rotatable bonds is 6. The zero-order valence-corrected chi connectivity index (χ0v) is 14.0. The van der Waals surface area contributed by atoms with Gasteiger partial charge in [0.15, 0.2) is 5.16 Å². The SMILES string of the molecule is O=C(CCN1CCCS1(=O)=O)NCCc1cn2c(n1)SCC2. The predicted molar refractivity (Wildman–Crippen MR) is 84.3 cm³/mol. The number of imidazole rings is 1. The van der Waals surface area contributed by atoms with E-state index in [4.69, 9.17) is 0 Å². The summed E-state index contributed by atoms with van der Waals surface area (Å²) < 4.78 is 26.8. The molecule has 1 aromatic rings. The van der Waals surface area contributed by atoms with Gasteiger partial charge in [-0.05, 0) is 6.42 Å². The molecular weight excluding hydrogens is 324 g/mol. The number of amides is 1. The molecule has 3 heterocycles. The first-order valence-electron chi connectivity index (χ1n) is 7.48. The largest absolute Gasteiger partial charge is 0.356 e. The predicted octanol–water partition coefficient (Wildman–Crippen LogP) is 0.0731. The van der Waals surface area contributed by atoms with Gasteiger partial charge in [0.2, 0.25) is 15.9 Å². The number of fused-ring (bicyclic) bond motifs is 1. The van der Waals surface area contributed by atoms with Crippen LogP contribution in [-0.2, 0) is 27.8 Å². The third kappa shape index (κ3) is 3.64. The number of carbonyl (C=O) groups excluding carboxylic acids is 1. The molecule has 0 atom stereocenters. The highest BCUT2D eigenvalue weighted by Crippen LogP contribution is 2.24. The number of aromatic nitrogens is 2. The standard InChI is InChI=1S/C13H20N4O3S2/c18-12(3-6-17-5-1-9-22(17,19)20)14-4-2-11-10-16-7-8-21-13(16)15-11/h10H,1-9H2,(H,14,18). The van der Waals surface area contributed by atoms with Crippen LogP contribution in [-0.4, -0.2) is 59.3 Å². The van der Waals surface area contributed by atoms with E-state index in [1.54, 1.807) is 11.8 Å². The molecule has 0 aliphatic carbocycles. The van der Waals surface area contributed by atoms with Crippen LogP contribution in [0.4, 0.5) is 0 Å². The lowest BCUT2D eigenvalue weighted by atomic mass is 10.3. The summed E-state index contributed by atoms with van der Waals surface area (Å²) >= 11 is 1.75. The summed E-state index contributed by atoms with van der Waals surface area (Å²) in [5, 5.41) is 3.89. The second-order valence-corrected chi connectivity index (χ2v) is 8.63. The molecule has 0 aromatic carbocycles. The minimum atomic E-state index is -3.11. The van der Waals surface area contributed by atoms with Gasteiger partial charge in [0.1, 0.15) is 0 Å². The van der Waals surface area contributed by atoms with Gasteiger partial charge in [0.25, 0.3) is 0 Å². The van der Waals surface area contributed by atoms with Crippen LogP contribution in [0.2, 0.25) is 0 Å². The van der Waals surface area contributed by atoms with Crippen molar-refractivity contribution in [2.45, 2.75) is 31.0 Å². The van der Waals surface area contributed by atoms with Crippen LogP contribution in [0.25, 0.3) is 0 Å². The van der Waals surface area contributed by atoms with Crippen LogP contribution in [0.1, 0.15) is 18.5 Å². The maximum absolute atomic E-state index is 11.8. The first-order valence-corrected chi connectivity index (χ1v) is 10.1. The van der Waals surface area contributed by atoms with E-state index >= 15 is 0 Å². The molecule has 0 bridgehead atoms. The highest BCUT2D eigenvalue weighted by atomic mass is 32.2. The number of aryl methyl sites for hydroxylation is 1. The van der Waals surface area contributed by atoms with E-state index in [2.05, 4.69) is 14.9 Å². The van der Waals surface area contributed by atoms with E-state index in [9.17, 15) is 13.2 Å². The summed E-state index contributed by atoms with van der Waals surface area (Å²) in [6.45, 7) is 2.35. The second-order valence-electron chi connectivity index (χ2n) is 5.48. The van der Waals surface area contributed by atoms with Crippen molar-refractivity contribution in [3.8, 4) is 0 Å². The van der Waals surface area contributed by atoms with Crippen LogP contribution in [0.5, 0.6) is 0 Å². The summed E-state index contributed by atoms with van der Waals surface area (Å²) in [5.74, 6) is 1.18. The molecule has 2 aliphatic heterocycles. The monoisotopic (exact) mass is 344 g/mol. The Kier molecular flexibility index (Phi) is 4.74. The Hall–Kier alpha value is -1.06. The molecule has 7 nitrogen and oxygen atoms in total. The van der Waals surface area contributed by atoms with Gasteiger partial charge < -0.3 is 9.88 Å². The van der Waals surface area contributed by atoms with Crippen molar-refractivity contribution in [2.24, 2.45) is 0 Å². The van der Waals surface area contributed by atoms with Gasteiger partial charge in [-0.15, -0.1) is 0 Å². The van der Waals surface area contributed by atoms with Gasteiger partial charge >= 0.3 is 0 Å². The van der Waals surface area contributed by atoms with E-state index in [1.807, 2.05) is 6.20 Å². The minimum Gasteiger partial charge on any atom is -0.356 e. The van der Waals surface area contributed by atoms with E-state index in [1.165, 1.54) is 4.31 Å². The summed E-state index contributed by atoms with van der Waals surface area (Å²) in [6, 6.07) is 0. The van der Waals surface area contributed by atoms with E-state index in [-0.39, 0.29) is 24.6 Å². The first kappa shape index (κ1) is 15.8. The molecule has 1 saturated heterocycles. The lowest BCUT2D eigenvalue weighted by Gasteiger charge is -2.13. The quantitative estimate of drug-likeness (QED) is 0.790. The molecule has 122 valence electrons. The molecular formula is C13H20N4O3S2. The smallest absolute Gasteiger partial charge is 0.221 e. The first-order chi connectivity index (χ1) is 10.5. The Bertz CT molecular complexity index is 635. The Morgan fingerprint density at radius 3 is 3.00 bits per heavy atom. The van der Waals surface area contributed by atoms with Crippen LogP contribution < -0.4 is 5.32 Å². The minimum absolute atomic E-state index is 0.108. The molecule has 1 amide bonds. The zero-order valence-electron chi connectivity index (χ0n) is 12.3. The average Bonchev–Trinajstić information content (AvgIpc) is 3.11. The van der Waals surface area contributed by atoms with Crippen molar-refractivity contribution in [1.82, 2.24) is 19.2 Å². The third-order valence-corrected chi connectivity index (χ3v) is 6.78. The Morgan fingerprint density at radius 2 is 2.27 bits per heavy atom. The highest BCUT2D eigenvalue weighted by molar-refractivity contribution is 7.99. The normalized spacial score (nSPS) is 20.2. The summed E-state index contributed by atoms with van der Waals surface area (Å²) in [4.78, 5) is 16.3. The summed E-state index contributed by atoms with van der Waals surface area (Å²) in [6.07, 6.45) is 3.62. The molecule has 0 unspecified atom stereocenters. The van der Waals surface area contributed by atoms with Crippen molar-refractivity contribution >= 4 is 27.7 Å². The van der Waals surface area contributed by atoms with Crippen molar-refractivity contribution in [3.05, 3.63) is 11.9 Å². The fraction of sp³-hybridized carbons (Fsp3) is 0.692. The van der Waals surface area contributed by atoms with Crippen molar-refractivity contribution in [3.63, 3.8) is 0 Å². The Labute approximate surface area is 134 Å². The molecule has 9 heteroatoms. The van der Waals surface area contributed by atoms with E-state index in [0.717, 1.165) is 23.1 Å². The van der Waals surface area contributed by atoms with Gasteiger partial charge in [-0.3, -0.25) is 4.79 Å². The van der Waals surface area contributed by atoms with Crippen molar-refractivity contribution in [1.29, 1.82) is 0 Å². The molecule has 1 aromatic heterocycles. The van der Waals surface area contributed by atoms with Crippen LogP contribution in [0.3, 0.4) is 0 Å². The number of thioether (sulfide) groups is 1. The number of hydrogen-bond acceptors (Lipinski definition) is 5. The Morgan fingerprint density at radius 1 is 1.41 bits per heavy atom. The zero-order chi connectivity index (χ0) is 15.6. The fourth-order valence-electron chi connectivity index (χ4n) is 2.67. The topological polar surface area (TPSA) is 84.3 Å². The van der Waals surface area contributed by atoms with Crippen molar-refractivity contribution < 1.29 is 13.2 Å². The van der Waals surface area contributed by atoms with Crippen LogP contribution in [0, 0.1) is 0 Å². The molecule has 2 aliphatic rings. The number of carbonyl (C=O) groups is 1. The number of sulfonamides is 1. The fourth-order valence-corrected chi connectivity index (χ4v) is 5.16. The van der Waals surface area contributed by atoms with Crippen LogP contribution in [0.15, 0.2) is 11.4 Å². The number of hydrogen-bond donors (Lipinski definition) is 1. The summed E-state index contributed by atoms with van der Waals surface area (Å²) in [7, 11) is -3.11. The second kappa shape index (κ2) is 6.59. The van der Waals surface area contributed by atoms with Gasteiger partial charge in [0, 0.05) is 51.0 Å². The maximum atomic E-state index is 11.8. The van der Waals surface area contributed by atoms with Crippen molar-refractivity contribution in [2.75, 3.05) is 31.1 Å². The molecule has 0 saturated carbocycles. The number of nitrogens with zero attached hydrogens (tertiary/aromatic N) is 3. The molecule has 0 radical (unpaired) electrons. The molecule has 1 N–H and O–H groups in total. The van der Waals surface area contributed by atoms with Gasteiger partial charge in [0.05, 0.1) is 11.4 Å². The van der Waals surface area contributed by atoms with E-state index in [0.29, 0.717) is 25.9 Å². The lowest BCUT2D eigenvalue weighted by Crippen LogP contribution is -2.32. The van der Waals surface area contributed by atoms with Crippen LogP contribution >= 0.6 is 11.8 Å². The molecule has 3 rings (SSSR count). The summed E-state index contributed by atoms with van der Waals surface area (Å²) in [5.41, 5.74) is 0.990. The van der Waals surface area contributed by atoms with Gasteiger partial charge in [-0.25, -0.2) is 17.7 Å². The third-order valence-electron chi connectivity index (χ3n) is 3.85. The van der Waals surface area contributed by atoms with Gasteiger partial charge in [-0.2, -0.15) is 0 Å². The highest BCUT2D eigenvalue weighted by Gasteiger charge is 2.28. The van der Waals surface area contributed by atoms with E-state index < -0.39 is 10.0 Å². The molecule has 0 spiro atoms. The molecule has 22 heavy (non-hydrogen) atoms. The maximum Gasteiger partial charge on any atom is 0.221 e. The molecule has 1 fully saturated rings. The number of nitrogens with one attached hydrogen (secondary N) is 1. The average molecular weight is 344 g/mol. The Balaban J connectivity index is 1.37. The van der Waals surface area contributed by atoms with Gasteiger partial charge in [-0.1, -0.05) is 11.8 Å².